The maximum absolute atomic E-state index is 13.6. The minimum absolute atomic E-state index is 0.0514. The molecular formula is C24H22N2O4S. The second kappa shape index (κ2) is 8.35. The zero-order chi connectivity index (χ0) is 22.1. The summed E-state index contributed by atoms with van der Waals surface area (Å²) in [6.07, 6.45) is 0.673. The van der Waals surface area contributed by atoms with Gasteiger partial charge in [-0.2, -0.15) is 0 Å². The van der Waals surface area contributed by atoms with Crippen LogP contribution in [0, 0.1) is 6.92 Å². The highest BCUT2D eigenvalue weighted by atomic mass is 32.1. The highest BCUT2D eigenvalue weighted by Crippen LogP contribution is 2.41. The van der Waals surface area contributed by atoms with Crippen LogP contribution in [0.3, 0.4) is 0 Å². The Morgan fingerprint density at radius 3 is 2.42 bits per heavy atom. The number of hydrogen-bond acceptors (Lipinski definition) is 6. The minimum atomic E-state index is -0.720. The SMILES string of the molecule is CCCN1C(=O)C(O)=C(C(=O)c2sc(-c3ccccc3)nc2C)C1c1ccc(O)cc1. The molecular weight excluding hydrogens is 412 g/mol. The van der Waals surface area contributed by atoms with E-state index in [0.29, 0.717) is 34.1 Å². The number of hydrogen-bond donors (Lipinski definition) is 2. The fraction of sp³-hybridized carbons (Fsp3) is 0.208. The number of benzene rings is 2. The molecule has 0 bridgehead atoms. The lowest BCUT2D eigenvalue weighted by molar-refractivity contribution is -0.129. The molecule has 0 radical (unpaired) electrons. The van der Waals surface area contributed by atoms with Gasteiger partial charge in [-0.05, 0) is 31.0 Å². The average molecular weight is 435 g/mol. The Morgan fingerprint density at radius 1 is 1.10 bits per heavy atom. The van der Waals surface area contributed by atoms with E-state index in [2.05, 4.69) is 4.98 Å². The van der Waals surface area contributed by atoms with Crippen molar-refractivity contribution in [1.82, 2.24) is 9.88 Å². The molecule has 3 aromatic rings. The Hall–Kier alpha value is -3.45. The number of aromatic nitrogens is 1. The van der Waals surface area contributed by atoms with Crippen molar-refractivity contribution in [1.29, 1.82) is 0 Å². The molecule has 1 aromatic heterocycles. The zero-order valence-corrected chi connectivity index (χ0v) is 18.0. The van der Waals surface area contributed by atoms with Crippen LogP contribution in [0.25, 0.3) is 10.6 Å². The Labute approximate surface area is 184 Å². The molecule has 7 heteroatoms. The van der Waals surface area contributed by atoms with Crippen LogP contribution in [-0.2, 0) is 4.79 Å². The lowest BCUT2D eigenvalue weighted by Gasteiger charge is -2.26. The van der Waals surface area contributed by atoms with E-state index in [0.717, 1.165) is 5.56 Å². The van der Waals surface area contributed by atoms with Crippen molar-refractivity contribution in [2.75, 3.05) is 6.54 Å². The highest BCUT2D eigenvalue weighted by molar-refractivity contribution is 7.17. The summed E-state index contributed by atoms with van der Waals surface area (Å²) in [6.45, 7) is 4.07. The number of thiazole rings is 1. The number of aliphatic hydroxyl groups is 1. The number of aromatic hydroxyl groups is 1. The maximum Gasteiger partial charge on any atom is 0.290 e. The van der Waals surface area contributed by atoms with Gasteiger partial charge in [0.25, 0.3) is 5.91 Å². The van der Waals surface area contributed by atoms with Crippen molar-refractivity contribution < 1.29 is 19.8 Å². The molecule has 1 aliphatic rings. The zero-order valence-electron chi connectivity index (χ0n) is 17.2. The van der Waals surface area contributed by atoms with Crippen molar-refractivity contribution in [2.24, 2.45) is 0 Å². The lowest BCUT2D eigenvalue weighted by Crippen LogP contribution is -2.31. The summed E-state index contributed by atoms with van der Waals surface area (Å²) in [5.41, 5.74) is 2.16. The predicted octanol–water partition coefficient (Wildman–Crippen LogP) is 4.81. The normalized spacial score (nSPS) is 16.3. The van der Waals surface area contributed by atoms with E-state index in [9.17, 15) is 19.8 Å². The lowest BCUT2D eigenvalue weighted by atomic mass is 9.95. The van der Waals surface area contributed by atoms with Crippen molar-refractivity contribution in [3.8, 4) is 16.3 Å². The van der Waals surface area contributed by atoms with Crippen LogP contribution in [0.1, 0.15) is 40.3 Å². The predicted molar refractivity (Wildman–Crippen MR) is 119 cm³/mol. The van der Waals surface area contributed by atoms with E-state index in [4.69, 9.17) is 0 Å². The summed E-state index contributed by atoms with van der Waals surface area (Å²) in [7, 11) is 0. The molecule has 0 spiro atoms. The molecule has 0 saturated heterocycles. The third kappa shape index (κ3) is 3.72. The molecule has 31 heavy (non-hydrogen) atoms. The van der Waals surface area contributed by atoms with Gasteiger partial charge in [-0.25, -0.2) is 4.98 Å². The number of phenols is 1. The third-order valence-electron chi connectivity index (χ3n) is 5.25. The van der Waals surface area contributed by atoms with E-state index in [1.165, 1.54) is 28.4 Å². The number of aryl methyl sites for hydroxylation is 1. The van der Waals surface area contributed by atoms with Gasteiger partial charge in [-0.15, -0.1) is 11.3 Å². The van der Waals surface area contributed by atoms with Crippen LogP contribution >= 0.6 is 11.3 Å². The first-order chi connectivity index (χ1) is 14.9. The van der Waals surface area contributed by atoms with E-state index >= 15 is 0 Å². The topological polar surface area (TPSA) is 90.7 Å². The van der Waals surface area contributed by atoms with Crippen LogP contribution in [0.4, 0.5) is 0 Å². The second-order valence-corrected chi connectivity index (χ2v) is 8.38. The number of phenolic OH excluding ortho intramolecular Hbond substituents is 1. The molecule has 1 atom stereocenters. The molecule has 1 unspecified atom stereocenters. The van der Waals surface area contributed by atoms with Gasteiger partial charge in [0.1, 0.15) is 10.8 Å². The smallest absolute Gasteiger partial charge is 0.290 e. The van der Waals surface area contributed by atoms with Crippen LogP contribution in [-0.4, -0.2) is 38.3 Å². The molecule has 0 fully saturated rings. The Balaban J connectivity index is 1.79. The van der Waals surface area contributed by atoms with Crippen LogP contribution < -0.4 is 0 Å². The number of amides is 1. The number of nitrogens with zero attached hydrogens (tertiary/aromatic N) is 2. The molecule has 2 heterocycles. The van der Waals surface area contributed by atoms with Gasteiger partial charge in [0.05, 0.1) is 22.2 Å². The average Bonchev–Trinajstić information content (AvgIpc) is 3.28. The van der Waals surface area contributed by atoms with Gasteiger partial charge in [-0.1, -0.05) is 49.4 Å². The molecule has 1 amide bonds. The summed E-state index contributed by atoms with van der Waals surface area (Å²) >= 11 is 1.25. The summed E-state index contributed by atoms with van der Waals surface area (Å²) < 4.78 is 0. The van der Waals surface area contributed by atoms with Crippen LogP contribution in [0.5, 0.6) is 5.75 Å². The summed E-state index contributed by atoms with van der Waals surface area (Å²) in [6, 6.07) is 15.2. The number of carbonyl (C=O) groups is 2. The first kappa shape index (κ1) is 20.8. The van der Waals surface area contributed by atoms with Gasteiger partial charge >= 0.3 is 0 Å². The third-order valence-corrected chi connectivity index (χ3v) is 6.45. The molecule has 0 aliphatic carbocycles. The van der Waals surface area contributed by atoms with Gasteiger partial charge in [0.15, 0.2) is 5.76 Å². The van der Waals surface area contributed by atoms with Crippen LogP contribution in [0.2, 0.25) is 0 Å². The molecule has 4 rings (SSSR count). The quantitative estimate of drug-likeness (QED) is 0.543. The molecule has 158 valence electrons. The van der Waals surface area contributed by atoms with E-state index in [1.54, 1.807) is 19.1 Å². The minimum Gasteiger partial charge on any atom is -0.508 e. The summed E-state index contributed by atoms with van der Waals surface area (Å²) in [5, 5.41) is 21.1. The number of rotatable bonds is 6. The molecule has 2 N–H and O–H groups in total. The molecule has 1 aliphatic heterocycles. The van der Waals surface area contributed by atoms with E-state index in [1.807, 2.05) is 37.3 Å². The van der Waals surface area contributed by atoms with Gasteiger partial charge in [0.2, 0.25) is 5.78 Å². The van der Waals surface area contributed by atoms with E-state index in [-0.39, 0.29) is 11.3 Å². The van der Waals surface area contributed by atoms with Gasteiger partial charge in [-0.3, -0.25) is 9.59 Å². The van der Waals surface area contributed by atoms with Gasteiger partial charge in [0, 0.05) is 12.1 Å². The standard InChI is InChI=1S/C24H22N2O4S/c1-3-13-26-19(15-9-11-17(27)12-10-15)18(21(29)24(26)30)20(28)22-14(2)25-23(31-22)16-7-5-4-6-8-16/h4-12,19,27,29H,3,13H2,1-2H3. The molecule has 2 aromatic carbocycles. The Kier molecular flexibility index (Phi) is 5.61. The van der Waals surface area contributed by atoms with Gasteiger partial charge < -0.3 is 15.1 Å². The first-order valence-corrected chi connectivity index (χ1v) is 10.8. The van der Waals surface area contributed by atoms with Crippen molar-refractivity contribution in [3.63, 3.8) is 0 Å². The highest BCUT2D eigenvalue weighted by Gasteiger charge is 2.44. The first-order valence-electron chi connectivity index (χ1n) is 10.0. The summed E-state index contributed by atoms with van der Waals surface area (Å²) in [4.78, 5) is 32.8. The largest absolute Gasteiger partial charge is 0.508 e. The molecule has 0 saturated carbocycles. The second-order valence-electron chi connectivity index (χ2n) is 7.38. The van der Waals surface area contributed by atoms with Crippen molar-refractivity contribution in [2.45, 2.75) is 26.3 Å². The fourth-order valence-corrected chi connectivity index (χ4v) is 4.82. The van der Waals surface area contributed by atoms with Crippen molar-refractivity contribution >= 4 is 23.0 Å². The van der Waals surface area contributed by atoms with Crippen LogP contribution in [0.15, 0.2) is 65.9 Å². The Morgan fingerprint density at radius 2 is 1.77 bits per heavy atom. The maximum atomic E-state index is 13.6. The number of carbonyl (C=O) groups excluding carboxylic acids is 2. The van der Waals surface area contributed by atoms with Crippen molar-refractivity contribution in [3.05, 3.63) is 82.1 Å². The number of ketones is 1. The monoisotopic (exact) mass is 434 g/mol. The molecule has 6 nitrogen and oxygen atoms in total. The number of Topliss-reactive ketones (excluding diaryl/α,β-unsaturated/α-hetero) is 1. The number of aliphatic hydroxyl groups excluding tert-OH is 1. The Bertz CT molecular complexity index is 1170. The fourth-order valence-electron chi connectivity index (χ4n) is 3.79. The van der Waals surface area contributed by atoms with E-state index < -0.39 is 23.5 Å². The summed E-state index contributed by atoms with van der Waals surface area (Å²) in [5.74, 6) is -1.40.